The largest absolute Gasteiger partial charge is 0.573 e. The van der Waals surface area contributed by atoms with Crippen LogP contribution in [0, 0.1) is 0 Å². The molecule has 2 aromatic carbocycles. The minimum absolute atomic E-state index is 0.215. The fourth-order valence-corrected chi connectivity index (χ4v) is 1.77. The van der Waals surface area contributed by atoms with Crippen LogP contribution in [0.4, 0.5) is 13.2 Å². The quantitative estimate of drug-likeness (QED) is 0.785. The molecule has 0 saturated carbocycles. The highest BCUT2D eigenvalue weighted by Crippen LogP contribution is 2.23. The number of hydrogen-bond acceptors (Lipinski definition) is 1. The van der Waals surface area contributed by atoms with E-state index in [-0.39, 0.29) is 5.75 Å². The molecule has 0 fully saturated rings. The maximum Gasteiger partial charge on any atom is 0.573 e. The first-order valence-electron chi connectivity index (χ1n) is 5.51. The normalized spacial score (nSPS) is 11.4. The molecule has 0 amide bonds. The lowest BCUT2D eigenvalue weighted by Gasteiger charge is -2.09. The molecule has 5 heteroatoms. The van der Waals surface area contributed by atoms with E-state index in [9.17, 15) is 13.2 Å². The molecule has 0 atom stereocenters. The molecule has 0 aliphatic rings. The lowest BCUT2D eigenvalue weighted by molar-refractivity contribution is -0.274. The second-order valence-corrected chi connectivity index (χ2v) is 4.43. The molecule has 2 aromatic rings. The van der Waals surface area contributed by atoms with Crippen molar-refractivity contribution in [2.24, 2.45) is 0 Å². The molecular formula is C14H10ClF3O. The number of halogens is 4. The van der Waals surface area contributed by atoms with E-state index in [1.54, 1.807) is 24.3 Å². The molecule has 0 aliphatic heterocycles. The van der Waals surface area contributed by atoms with Crippen molar-refractivity contribution in [1.29, 1.82) is 0 Å². The van der Waals surface area contributed by atoms with E-state index >= 15 is 0 Å². The molecule has 0 bridgehead atoms. The standard InChI is InChI=1S/C14H10ClF3O/c15-12-5-1-10(2-6-12)9-11-3-7-13(8-4-11)19-14(16,17)18/h1-8H,9H2. The van der Waals surface area contributed by atoms with Crippen molar-refractivity contribution < 1.29 is 17.9 Å². The van der Waals surface area contributed by atoms with Crippen molar-refractivity contribution in [1.82, 2.24) is 0 Å². The number of alkyl halides is 3. The zero-order chi connectivity index (χ0) is 13.9. The van der Waals surface area contributed by atoms with Gasteiger partial charge < -0.3 is 4.74 Å². The Bertz CT molecular complexity index is 532. The average molecular weight is 287 g/mol. The van der Waals surface area contributed by atoms with Crippen LogP contribution in [0.1, 0.15) is 11.1 Å². The van der Waals surface area contributed by atoms with Gasteiger partial charge in [0.05, 0.1) is 0 Å². The van der Waals surface area contributed by atoms with E-state index in [1.165, 1.54) is 12.1 Å². The first-order valence-corrected chi connectivity index (χ1v) is 5.89. The van der Waals surface area contributed by atoms with Gasteiger partial charge in [-0.25, -0.2) is 0 Å². The molecule has 2 rings (SSSR count). The van der Waals surface area contributed by atoms with Gasteiger partial charge in [-0.2, -0.15) is 0 Å². The Morgan fingerprint density at radius 2 is 1.32 bits per heavy atom. The molecule has 1 nitrogen and oxygen atoms in total. The van der Waals surface area contributed by atoms with Crippen LogP contribution >= 0.6 is 11.6 Å². The minimum atomic E-state index is -4.66. The molecular weight excluding hydrogens is 277 g/mol. The molecule has 100 valence electrons. The topological polar surface area (TPSA) is 9.23 Å². The first-order chi connectivity index (χ1) is 8.92. The van der Waals surface area contributed by atoms with Crippen LogP contribution in [0.15, 0.2) is 48.5 Å². The highest BCUT2D eigenvalue weighted by molar-refractivity contribution is 6.30. The van der Waals surface area contributed by atoms with Gasteiger partial charge >= 0.3 is 6.36 Å². The highest BCUT2D eigenvalue weighted by Gasteiger charge is 2.30. The van der Waals surface area contributed by atoms with E-state index in [0.717, 1.165) is 11.1 Å². The highest BCUT2D eigenvalue weighted by atomic mass is 35.5. The van der Waals surface area contributed by atoms with Crippen molar-refractivity contribution in [3.63, 3.8) is 0 Å². The van der Waals surface area contributed by atoms with Gasteiger partial charge in [0.1, 0.15) is 5.75 Å². The molecule has 0 saturated heterocycles. The molecule has 0 unspecified atom stereocenters. The zero-order valence-electron chi connectivity index (χ0n) is 9.75. The van der Waals surface area contributed by atoms with Crippen LogP contribution in [0.5, 0.6) is 5.75 Å². The van der Waals surface area contributed by atoms with E-state index in [0.29, 0.717) is 11.4 Å². The average Bonchev–Trinajstić information content (AvgIpc) is 2.33. The maximum atomic E-state index is 12.0. The van der Waals surface area contributed by atoms with Crippen molar-refractivity contribution in [2.45, 2.75) is 12.8 Å². The summed E-state index contributed by atoms with van der Waals surface area (Å²) < 4.78 is 39.8. The van der Waals surface area contributed by atoms with Crippen molar-refractivity contribution in [3.05, 3.63) is 64.7 Å². The van der Waals surface area contributed by atoms with Crippen molar-refractivity contribution in [2.75, 3.05) is 0 Å². The molecule has 0 aromatic heterocycles. The smallest absolute Gasteiger partial charge is 0.406 e. The van der Waals surface area contributed by atoms with Crippen molar-refractivity contribution >= 4 is 11.6 Å². The van der Waals surface area contributed by atoms with Gasteiger partial charge in [-0.1, -0.05) is 35.9 Å². The second kappa shape index (κ2) is 5.53. The lowest BCUT2D eigenvalue weighted by atomic mass is 10.1. The summed E-state index contributed by atoms with van der Waals surface area (Å²) in [7, 11) is 0. The predicted octanol–water partition coefficient (Wildman–Crippen LogP) is 4.83. The Balaban J connectivity index is 2.04. The summed E-state index contributed by atoms with van der Waals surface area (Å²) in [6, 6.07) is 13.1. The third kappa shape index (κ3) is 4.48. The Morgan fingerprint density at radius 3 is 1.79 bits per heavy atom. The summed E-state index contributed by atoms with van der Waals surface area (Å²) in [6.07, 6.45) is -4.03. The molecule has 0 heterocycles. The molecule has 0 radical (unpaired) electrons. The van der Waals surface area contributed by atoms with E-state index in [1.807, 2.05) is 12.1 Å². The fourth-order valence-electron chi connectivity index (χ4n) is 1.65. The Labute approximate surface area is 113 Å². The molecule has 19 heavy (non-hydrogen) atoms. The van der Waals surface area contributed by atoms with E-state index in [4.69, 9.17) is 11.6 Å². The summed E-state index contributed by atoms with van der Waals surface area (Å²) >= 11 is 5.77. The summed E-state index contributed by atoms with van der Waals surface area (Å²) in [5.74, 6) is -0.215. The van der Waals surface area contributed by atoms with Crippen LogP contribution in [-0.4, -0.2) is 6.36 Å². The third-order valence-corrected chi connectivity index (χ3v) is 2.73. The van der Waals surface area contributed by atoms with Gasteiger partial charge in [0, 0.05) is 5.02 Å². The maximum absolute atomic E-state index is 12.0. The van der Waals surface area contributed by atoms with E-state index in [2.05, 4.69) is 4.74 Å². The summed E-state index contributed by atoms with van der Waals surface area (Å²) in [5.41, 5.74) is 1.94. The predicted molar refractivity (Wildman–Crippen MR) is 67.4 cm³/mol. The molecule has 0 spiro atoms. The number of hydrogen-bond donors (Lipinski definition) is 0. The third-order valence-electron chi connectivity index (χ3n) is 2.48. The Kier molecular flexibility index (Phi) is 4.00. The van der Waals surface area contributed by atoms with Crippen LogP contribution in [-0.2, 0) is 6.42 Å². The number of ether oxygens (including phenoxy) is 1. The molecule has 0 N–H and O–H groups in total. The Morgan fingerprint density at radius 1 is 0.842 bits per heavy atom. The lowest BCUT2D eigenvalue weighted by Crippen LogP contribution is -2.17. The number of benzene rings is 2. The second-order valence-electron chi connectivity index (χ2n) is 3.99. The van der Waals surface area contributed by atoms with Gasteiger partial charge in [-0.3, -0.25) is 0 Å². The van der Waals surface area contributed by atoms with Crippen LogP contribution in [0.25, 0.3) is 0 Å². The summed E-state index contributed by atoms with van der Waals surface area (Å²) in [5, 5.41) is 0.651. The van der Waals surface area contributed by atoms with E-state index < -0.39 is 6.36 Å². The minimum Gasteiger partial charge on any atom is -0.406 e. The SMILES string of the molecule is FC(F)(F)Oc1ccc(Cc2ccc(Cl)cc2)cc1. The summed E-state index contributed by atoms with van der Waals surface area (Å²) in [4.78, 5) is 0. The van der Waals surface area contributed by atoms with Crippen LogP contribution in [0.3, 0.4) is 0 Å². The molecule has 0 aliphatic carbocycles. The van der Waals surface area contributed by atoms with Gasteiger partial charge in [0.2, 0.25) is 0 Å². The fraction of sp³-hybridized carbons (Fsp3) is 0.143. The van der Waals surface area contributed by atoms with Crippen LogP contribution < -0.4 is 4.74 Å². The zero-order valence-corrected chi connectivity index (χ0v) is 10.5. The Hall–Kier alpha value is -1.68. The number of rotatable bonds is 3. The van der Waals surface area contributed by atoms with Crippen LogP contribution in [0.2, 0.25) is 5.02 Å². The first kappa shape index (κ1) is 13.7. The van der Waals surface area contributed by atoms with Gasteiger partial charge in [0.25, 0.3) is 0 Å². The van der Waals surface area contributed by atoms with Crippen molar-refractivity contribution in [3.8, 4) is 5.75 Å². The van der Waals surface area contributed by atoms with Gasteiger partial charge in [0.15, 0.2) is 0 Å². The van der Waals surface area contributed by atoms with Gasteiger partial charge in [-0.05, 0) is 41.8 Å². The summed E-state index contributed by atoms with van der Waals surface area (Å²) in [6.45, 7) is 0. The monoisotopic (exact) mass is 286 g/mol. The van der Waals surface area contributed by atoms with Gasteiger partial charge in [-0.15, -0.1) is 13.2 Å².